The largest absolute Gasteiger partial charge is 0.384 e. The highest BCUT2D eigenvalue weighted by Crippen LogP contribution is 2.51. The third kappa shape index (κ3) is 3.90. The number of anilines is 1. The molecule has 0 saturated carbocycles. The number of aryl methyl sites for hydroxylation is 1. The molecule has 3 heterocycles. The molecule has 1 atom stereocenters. The van der Waals surface area contributed by atoms with Gasteiger partial charge < -0.3 is 5.73 Å². The average Bonchev–Trinajstić information content (AvgIpc) is 3.19. The normalized spacial score (nSPS) is 20.6. The summed E-state index contributed by atoms with van der Waals surface area (Å²) in [7, 11) is 0. The van der Waals surface area contributed by atoms with Crippen LogP contribution in [0.15, 0.2) is 59.3 Å². The number of carbonyl (C=O) groups excluding carboxylic acids is 1. The standard InChI is InChI=1S/C25H28N4OS/c1-4-5-8-17-9-10-21(31-17)22-18(14-26)24(27)29(16-7-6-11-28-15-16)19-12-25(2,3)13-20(30)23(19)22/h6-7,9-11,15,22H,4-5,8,12-13,27H2,1-3H3. The van der Waals surface area contributed by atoms with Crippen LogP contribution < -0.4 is 10.6 Å². The Balaban J connectivity index is 1.90. The maximum atomic E-state index is 13.5. The lowest BCUT2D eigenvalue weighted by atomic mass is 9.69. The van der Waals surface area contributed by atoms with Crippen molar-refractivity contribution in [2.45, 2.75) is 58.8 Å². The minimum Gasteiger partial charge on any atom is -0.384 e. The molecule has 2 aliphatic rings. The molecule has 0 fully saturated rings. The van der Waals surface area contributed by atoms with Gasteiger partial charge in [-0.2, -0.15) is 5.26 Å². The lowest BCUT2D eigenvalue weighted by molar-refractivity contribution is -0.118. The highest BCUT2D eigenvalue weighted by atomic mass is 32.1. The average molecular weight is 433 g/mol. The SMILES string of the molecule is CCCCc1ccc(C2C(C#N)=C(N)N(c3cccnc3)C3=C2C(=O)CC(C)(C)C3)s1. The molecule has 1 aliphatic heterocycles. The summed E-state index contributed by atoms with van der Waals surface area (Å²) >= 11 is 1.70. The monoisotopic (exact) mass is 432 g/mol. The Kier molecular flexibility index (Phi) is 5.72. The first-order chi connectivity index (χ1) is 14.9. The van der Waals surface area contributed by atoms with E-state index in [1.165, 1.54) is 4.88 Å². The van der Waals surface area contributed by atoms with Crippen LogP contribution in [-0.4, -0.2) is 10.8 Å². The lowest BCUT2D eigenvalue weighted by Gasteiger charge is -2.43. The molecule has 0 saturated heterocycles. The van der Waals surface area contributed by atoms with Gasteiger partial charge in [-0.3, -0.25) is 14.7 Å². The minimum absolute atomic E-state index is 0.105. The van der Waals surface area contributed by atoms with Crippen LogP contribution in [0.25, 0.3) is 0 Å². The topological polar surface area (TPSA) is 83.0 Å². The van der Waals surface area contributed by atoms with E-state index in [9.17, 15) is 10.1 Å². The number of nitrogens with zero attached hydrogens (tertiary/aromatic N) is 3. The predicted octanol–water partition coefficient (Wildman–Crippen LogP) is 5.43. The molecule has 31 heavy (non-hydrogen) atoms. The molecule has 0 spiro atoms. The molecule has 2 aromatic heterocycles. The second-order valence-electron chi connectivity index (χ2n) is 9.10. The van der Waals surface area contributed by atoms with Gasteiger partial charge in [0.25, 0.3) is 0 Å². The number of allylic oxidation sites excluding steroid dienone is 3. The van der Waals surface area contributed by atoms with E-state index in [4.69, 9.17) is 5.73 Å². The fourth-order valence-electron chi connectivity index (χ4n) is 4.61. The summed E-state index contributed by atoms with van der Waals surface area (Å²) in [6.45, 7) is 6.40. The summed E-state index contributed by atoms with van der Waals surface area (Å²) in [5.74, 6) is 0.110. The number of thiophene rings is 1. The van der Waals surface area contributed by atoms with Crippen LogP contribution in [0, 0.1) is 16.7 Å². The molecule has 0 radical (unpaired) electrons. The maximum Gasteiger partial charge on any atom is 0.162 e. The Hall–Kier alpha value is -2.91. The van der Waals surface area contributed by atoms with E-state index in [1.807, 2.05) is 17.0 Å². The third-order valence-electron chi connectivity index (χ3n) is 6.03. The second-order valence-corrected chi connectivity index (χ2v) is 10.3. The molecule has 4 rings (SSSR count). The first-order valence-electron chi connectivity index (χ1n) is 10.8. The van der Waals surface area contributed by atoms with Crippen molar-refractivity contribution < 1.29 is 4.79 Å². The minimum atomic E-state index is -0.392. The summed E-state index contributed by atoms with van der Waals surface area (Å²) in [6, 6.07) is 10.3. The van der Waals surface area contributed by atoms with Gasteiger partial charge in [-0.05, 0) is 48.9 Å². The number of aromatic nitrogens is 1. The number of rotatable bonds is 5. The molecule has 160 valence electrons. The van der Waals surface area contributed by atoms with Crippen molar-refractivity contribution in [3.63, 3.8) is 0 Å². The van der Waals surface area contributed by atoms with Gasteiger partial charge in [0.1, 0.15) is 5.82 Å². The van der Waals surface area contributed by atoms with E-state index in [-0.39, 0.29) is 11.2 Å². The smallest absolute Gasteiger partial charge is 0.162 e. The highest BCUT2D eigenvalue weighted by molar-refractivity contribution is 7.12. The van der Waals surface area contributed by atoms with Gasteiger partial charge in [0.2, 0.25) is 0 Å². The first-order valence-corrected chi connectivity index (χ1v) is 11.6. The molecule has 6 heteroatoms. The van der Waals surface area contributed by atoms with Gasteiger partial charge in [-0.15, -0.1) is 11.3 Å². The molecular weight excluding hydrogens is 404 g/mol. The van der Waals surface area contributed by atoms with Crippen LogP contribution >= 0.6 is 11.3 Å². The number of unbranched alkanes of at least 4 members (excludes halogenated alkanes) is 1. The van der Waals surface area contributed by atoms with Crippen molar-refractivity contribution >= 4 is 22.8 Å². The summed E-state index contributed by atoms with van der Waals surface area (Å²) < 4.78 is 0. The van der Waals surface area contributed by atoms with Crippen LogP contribution in [0.4, 0.5) is 5.69 Å². The number of carbonyl (C=O) groups is 1. The first kappa shape index (κ1) is 21.3. The van der Waals surface area contributed by atoms with E-state index >= 15 is 0 Å². The van der Waals surface area contributed by atoms with Crippen molar-refractivity contribution in [1.29, 1.82) is 5.26 Å². The number of ketones is 1. The predicted molar refractivity (Wildman–Crippen MR) is 124 cm³/mol. The molecule has 1 aliphatic carbocycles. The van der Waals surface area contributed by atoms with Crippen LogP contribution in [0.1, 0.15) is 62.1 Å². The Labute approximate surface area is 187 Å². The van der Waals surface area contributed by atoms with Crippen LogP contribution in [0.2, 0.25) is 0 Å². The molecule has 5 nitrogen and oxygen atoms in total. The van der Waals surface area contributed by atoms with E-state index < -0.39 is 5.92 Å². The molecule has 2 N–H and O–H groups in total. The van der Waals surface area contributed by atoms with Crippen LogP contribution in [-0.2, 0) is 11.2 Å². The van der Waals surface area contributed by atoms with Crippen molar-refractivity contribution in [3.8, 4) is 6.07 Å². The fourth-order valence-corrected chi connectivity index (χ4v) is 5.78. The molecule has 0 amide bonds. The lowest BCUT2D eigenvalue weighted by Crippen LogP contribution is -2.42. The highest BCUT2D eigenvalue weighted by Gasteiger charge is 2.45. The number of hydrogen-bond acceptors (Lipinski definition) is 6. The van der Waals surface area contributed by atoms with Crippen molar-refractivity contribution in [3.05, 3.63) is 69.1 Å². The summed E-state index contributed by atoms with van der Waals surface area (Å²) in [5.41, 5.74) is 9.31. The van der Waals surface area contributed by atoms with Crippen LogP contribution in [0.5, 0.6) is 0 Å². The number of Topliss-reactive ketones (excluding diaryl/α,β-unsaturated/α-hetero) is 1. The maximum absolute atomic E-state index is 13.5. The Morgan fingerprint density at radius 1 is 1.32 bits per heavy atom. The van der Waals surface area contributed by atoms with E-state index in [1.54, 1.807) is 23.7 Å². The fraction of sp³-hybridized carbons (Fsp3) is 0.400. The third-order valence-corrected chi connectivity index (χ3v) is 7.24. The molecule has 1 unspecified atom stereocenters. The molecule has 2 aromatic rings. The zero-order valence-electron chi connectivity index (χ0n) is 18.3. The van der Waals surface area contributed by atoms with E-state index in [0.29, 0.717) is 24.2 Å². The van der Waals surface area contributed by atoms with Crippen molar-refractivity contribution in [1.82, 2.24) is 4.98 Å². The molecular formula is C25H28N4OS. The van der Waals surface area contributed by atoms with Gasteiger partial charge in [-0.1, -0.05) is 27.2 Å². The summed E-state index contributed by atoms with van der Waals surface area (Å²) in [4.78, 5) is 21.9. The number of hydrogen-bond donors (Lipinski definition) is 1. The van der Waals surface area contributed by atoms with E-state index in [0.717, 1.165) is 41.1 Å². The molecule has 0 bridgehead atoms. The quantitative estimate of drug-likeness (QED) is 0.681. The van der Waals surface area contributed by atoms with Crippen molar-refractivity contribution in [2.75, 3.05) is 4.90 Å². The van der Waals surface area contributed by atoms with Gasteiger partial charge in [0.05, 0.1) is 29.4 Å². The Morgan fingerprint density at radius 3 is 2.81 bits per heavy atom. The van der Waals surface area contributed by atoms with Gasteiger partial charge in [0.15, 0.2) is 5.78 Å². The Morgan fingerprint density at radius 2 is 2.13 bits per heavy atom. The number of nitrogens with two attached hydrogens (primary N) is 1. The van der Waals surface area contributed by atoms with E-state index in [2.05, 4.69) is 44.0 Å². The van der Waals surface area contributed by atoms with Crippen molar-refractivity contribution in [2.24, 2.45) is 11.1 Å². The van der Waals surface area contributed by atoms with Gasteiger partial charge >= 0.3 is 0 Å². The summed E-state index contributed by atoms with van der Waals surface area (Å²) in [5, 5.41) is 10.1. The Bertz CT molecular complexity index is 1100. The van der Waals surface area contributed by atoms with Gasteiger partial charge in [-0.25, -0.2) is 0 Å². The summed E-state index contributed by atoms with van der Waals surface area (Å²) in [6.07, 6.45) is 7.90. The molecule has 0 aromatic carbocycles. The number of pyridine rings is 1. The number of nitriles is 1. The van der Waals surface area contributed by atoms with Gasteiger partial charge in [0, 0.05) is 33.6 Å². The van der Waals surface area contributed by atoms with Crippen LogP contribution in [0.3, 0.4) is 0 Å². The zero-order valence-corrected chi connectivity index (χ0v) is 19.1. The second kappa shape index (κ2) is 8.32. The zero-order chi connectivity index (χ0) is 22.2.